The number of amides is 3. The van der Waals surface area contributed by atoms with Crippen molar-refractivity contribution in [2.45, 2.75) is 32.2 Å². The van der Waals surface area contributed by atoms with Crippen molar-refractivity contribution in [2.24, 2.45) is 5.92 Å². The Kier molecular flexibility index (Phi) is 6.11. The van der Waals surface area contributed by atoms with Crippen LogP contribution >= 0.6 is 0 Å². The van der Waals surface area contributed by atoms with E-state index in [0.29, 0.717) is 32.5 Å². The molecule has 0 bridgehead atoms. The summed E-state index contributed by atoms with van der Waals surface area (Å²) in [7, 11) is 0. The maximum Gasteiger partial charge on any atom is 0.409 e. The summed E-state index contributed by atoms with van der Waals surface area (Å²) in [5, 5.41) is 2.26. The summed E-state index contributed by atoms with van der Waals surface area (Å²) >= 11 is 0. The van der Waals surface area contributed by atoms with Crippen LogP contribution in [0.1, 0.15) is 26.2 Å². The number of hydrogen-bond acceptors (Lipinski definition) is 4. The van der Waals surface area contributed by atoms with Gasteiger partial charge in [0.25, 0.3) is 0 Å². The molecule has 28 heavy (non-hydrogen) atoms. The molecular formula is C19H23F2N3O4. The minimum atomic E-state index is -0.860. The van der Waals surface area contributed by atoms with E-state index in [-0.39, 0.29) is 31.0 Å². The van der Waals surface area contributed by atoms with Crippen LogP contribution in [0.15, 0.2) is 18.2 Å². The lowest BCUT2D eigenvalue weighted by Crippen LogP contribution is -2.47. The second kappa shape index (κ2) is 8.53. The molecule has 2 saturated heterocycles. The summed E-state index contributed by atoms with van der Waals surface area (Å²) in [6, 6.07) is 3.26. The van der Waals surface area contributed by atoms with E-state index in [0.717, 1.165) is 12.1 Å². The van der Waals surface area contributed by atoms with Crippen LogP contribution in [-0.2, 0) is 14.3 Å². The molecule has 2 aliphatic rings. The highest BCUT2D eigenvalue weighted by Gasteiger charge is 2.39. The van der Waals surface area contributed by atoms with Crippen molar-refractivity contribution >= 4 is 23.6 Å². The minimum Gasteiger partial charge on any atom is -0.450 e. The second-order valence-corrected chi connectivity index (χ2v) is 6.95. The van der Waals surface area contributed by atoms with E-state index in [1.54, 1.807) is 16.7 Å². The van der Waals surface area contributed by atoms with Crippen molar-refractivity contribution in [3.63, 3.8) is 0 Å². The number of anilines is 1. The number of nitrogens with zero attached hydrogens (tertiary/aromatic N) is 2. The lowest BCUT2D eigenvalue weighted by Gasteiger charge is -2.36. The van der Waals surface area contributed by atoms with Crippen LogP contribution in [-0.4, -0.2) is 60.0 Å². The van der Waals surface area contributed by atoms with E-state index >= 15 is 0 Å². The molecule has 1 aromatic carbocycles. The van der Waals surface area contributed by atoms with E-state index in [9.17, 15) is 23.2 Å². The Hall–Kier alpha value is -2.71. The van der Waals surface area contributed by atoms with Crippen LogP contribution in [0, 0.1) is 17.6 Å². The van der Waals surface area contributed by atoms with Crippen molar-refractivity contribution in [2.75, 3.05) is 31.6 Å². The number of likely N-dealkylation sites (tertiary alicyclic amines) is 2. The van der Waals surface area contributed by atoms with Gasteiger partial charge in [0.05, 0.1) is 12.5 Å². The third kappa shape index (κ3) is 4.23. The number of piperidine rings is 1. The van der Waals surface area contributed by atoms with Crippen molar-refractivity contribution < 1.29 is 27.9 Å². The van der Waals surface area contributed by atoms with Gasteiger partial charge in [0.15, 0.2) is 0 Å². The molecule has 3 amide bonds. The largest absolute Gasteiger partial charge is 0.450 e. The highest BCUT2D eigenvalue weighted by molar-refractivity contribution is 5.97. The molecule has 0 radical (unpaired) electrons. The first-order valence-electron chi connectivity index (χ1n) is 9.36. The standard InChI is InChI=1S/C19H23F2N3O4/c1-2-28-19(27)23-8-6-13(7-9-23)24-11-12(10-16(24)25)18(26)22-17-14(20)4-3-5-15(17)21/h3-5,12-13H,2,6-11H2,1H3,(H,22,26). The van der Waals surface area contributed by atoms with Gasteiger partial charge < -0.3 is 19.9 Å². The predicted molar refractivity (Wildman–Crippen MR) is 96.4 cm³/mol. The summed E-state index contributed by atoms with van der Waals surface area (Å²) in [6.07, 6.45) is 0.833. The smallest absolute Gasteiger partial charge is 0.409 e. The van der Waals surface area contributed by atoms with Gasteiger partial charge in [-0.2, -0.15) is 0 Å². The van der Waals surface area contributed by atoms with Crippen LogP contribution < -0.4 is 5.32 Å². The van der Waals surface area contributed by atoms with Gasteiger partial charge in [-0.25, -0.2) is 13.6 Å². The van der Waals surface area contributed by atoms with Crippen molar-refractivity contribution in [3.8, 4) is 0 Å². The van der Waals surface area contributed by atoms with Crippen molar-refractivity contribution in [1.29, 1.82) is 0 Å². The summed E-state index contributed by atoms with van der Waals surface area (Å²) < 4.78 is 32.4. The van der Waals surface area contributed by atoms with E-state index < -0.39 is 29.1 Å². The maximum absolute atomic E-state index is 13.7. The molecule has 1 N–H and O–H groups in total. The zero-order valence-corrected chi connectivity index (χ0v) is 15.6. The van der Waals surface area contributed by atoms with Gasteiger partial charge in [-0.1, -0.05) is 6.07 Å². The van der Waals surface area contributed by atoms with Gasteiger partial charge in [0.2, 0.25) is 11.8 Å². The van der Waals surface area contributed by atoms with Gasteiger partial charge in [0.1, 0.15) is 17.3 Å². The molecule has 0 aromatic heterocycles. The fourth-order valence-corrected chi connectivity index (χ4v) is 3.68. The Labute approximate surface area is 161 Å². The van der Waals surface area contributed by atoms with Crippen molar-refractivity contribution in [1.82, 2.24) is 9.80 Å². The highest BCUT2D eigenvalue weighted by atomic mass is 19.1. The summed E-state index contributed by atoms with van der Waals surface area (Å²) in [6.45, 7) is 3.20. The van der Waals surface area contributed by atoms with Gasteiger partial charge in [-0.3, -0.25) is 9.59 Å². The quantitative estimate of drug-likeness (QED) is 0.849. The van der Waals surface area contributed by atoms with Gasteiger partial charge in [-0.05, 0) is 31.9 Å². The number of rotatable bonds is 4. The Morgan fingerprint density at radius 2 is 1.86 bits per heavy atom. The molecule has 9 heteroatoms. The van der Waals surface area contributed by atoms with E-state index in [2.05, 4.69) is 5.32 Å². The van der Waals surface area contributed by atoms with E-state index in [4.69, 9.17) is 4.74 Å². The van der Waals surface area contributed by atoms with Gasteiger partial charge in [0, 0.05) is 32.1 Å². The van der Waals surface area contributed by atoms with Gasteiger partial charge >= 0.3 is 6.09 Å². The molecule has 0 aliphatic carbocycles. The zero-order chi connectivity index (χ0) is 20.3. The molecule has 2 fully saturated rings. The first kappa shape index (κ1) is 20.0. The molecule has 0 saturated carbocycles. The third-order valence-electron chi connectivity index (χ3n) is 5.17. The number of para-hydroxylation sites is 1. The highest BCUT2D eigenvalue weighted by Crippen LogP contribution is 2.27. The molecule has 2 heterocycles. The second-order valence-electron chi connectivity index (χ2n) is 6.95. The molecule has 1 atom stereocenters. The lowest BCUT2D eigenvalue weighted by atomic mass is 10.0. The Morgan fingerprint density at radius 3 is 2.46 bits per heavy atom. The SMILES string of the molecule is CCOC(=O)N1CCC(N2CC(C(=O)Nc3c(F)cccc3F)CC2=O)CC1. The fourth-order valence-electron chi connectivity index (χ4n) is 3.68. The summed E-state index contributed by atoms with van der Waals surface area (Å²) in [5.74, 6) is -3.14. The molecule has 1 unspecified atom stereocenters. The average Bonchev–Trinajstić information content (AvgIpc) is 3.07. The normalized spacial score (nSPS) is 20.4. The summed E-state index contributed by atoms with van der Waals surface area (Å²) in [4.78, 5) is 39.8. The molecule has 3 rings (SSSR count). The Bertz CT molecular complexity index is 745. The summed E-state index contributed by atoms with van der Waals surface area (Å²) in [5.41, 5.74) is -0.499. The van der Waals surface area contributed by atoms with Crippen LogP contribution in [0.3, 0.4) is 0 Å². The molecule has 2 aliphatic heterocycles. The Morgan fingerprint density at radius 1 is 1.21 bits per heavy atom. The minimum absolute atomic E-state index is 0.00000430. The van der Waals surface area contributed by atoms with Crippen LogP contribution in [0.2, 0.25) is 0 Å². The van der Waals surface area contributed by atoms with Crippen LogP contribution in [0.25, 0.3) is 0 Å². The van der Waals surface area contributed by atoms with E-state index in [1.807, 2.05) is 0 Å². The first-order valence-corrected chi connectivity index (χ1v) is 9.36. The molecular weight excluding hydrogens is 372 g/mol. The van der Waals surface area contributed by atoms with E-state index in [1.165, 1.54) is 6.07 Å². The van der Waals surface area contributed by atoms with Crippen LogP contribution in [0.4, 0.5) is 19.3 Å². The number of nitrogens with one attached hydrogen (secondary N) is 1. The lowest BCUT2D eigenvalue weighted by molar-refractivity contribution is -0.130. The number of carbonyl (C=O) groups is 3. The Balaban J connectivity index is 1.57. The number of hydrogen-bond donors (Lipinski definition) is 1. The number of carbonyl (C=O) groups excluding carboxylic acids is 3. The third-order valence-corrected chi connectivity index (χ3v) is 5.17. The van der Waals surface area contributed by atoms with Gasteiger partial charge in [-0.15, -0.1) is 0 Å². The average molecular weight is 395 g/mol. The van der Waals surface area contributed by atoms with Crippen LogP contribution in [0.5, 0.6) is 0 Å². The maximum atomic E-state index is 13.7. The first-order chi connectivity index (χ1) is 13.4. The fraction of sp³-hybridized carbons (Fsp3) is 0.526. The monoisotopic (exact) mass is 395 g/mol. The molecule has 0 spiro atoms. The topological polar surface area (TPSA) is 79.0 Å². The molecule has 152 valence electrons. The molecule has 1 aromatic rings. The zero-order valence-electron chi connectivity index (χ0n) is 15.6. The number of benzene rings is 1. The van der Waals surface area contributed by atoms with Crippen molar-refractivity contribution in [3.05, 3.63) is 29.8 Å². The number of ether oxygens (including phenoxy) is 1. The molecule has 7 nitrogen and oxygen atoms in total. The number of halogens is 2. The predicted octanol–water partition coefficient (Wildman–Crippen LogP) is 2.37.